The van der Waals surface area contributed by atoms with E-state index >= 15 is 0 Å². The Bertz CT molecular complexity index is 1200. The van der Waals surface area contributed by atoms with Crippen molar-refractivity contribution < 1.29 is 19.2 Å². The zero-order valence-electron chi connectivity index (χ0n) is 17.1. The number of nitrogens with one attached hydrogen (secondary N) is 1. The Kier molecular flexibility index (Phi) is 8.48. The van der Waals surface area contributed by atoms with Crippen LogP contribution in [0.15, 0.2) is 59.7 Å². The third-order valence-corrected chi connectivity index (χ3v) is 5.80. The number of halogens is 3. The average molecular weight is 600 g/mol. The standard InChI is InChI=1S/C22H16Cl2IN3O5/c1-32-20-10-15(4-7-19(20)25)22(29)27-26-11-14-8-17(23)21(18(24)9-14)33-12-13-2-5-16(6-3-13)28(30)31/h2-11H,12H2,1H3,(H,27,29)/b26-11-. The van der Waals surface area contributed by atoms with Crippen LogP contribution in [0.2, 0.25) is 10.0 Å². The second kappa shape index (κ2) is 11.3. The third-order valence-electron chi connectivity index (χ3n) is 4.34. The fourth-order valence-corrected chi connectivity index (χ4v) is 3.86. The Balaban J connectivity index is 1.63. The first-order valence-corrected chi connectivity index (χ1v) is 11.1. The normalized spacial score (nSPS) is 10.8. The summed E-state index contributed by atoms with van der Waals surface area (Å²) >= 11 is 14.7. The van der Waals surface area contributed by atoms with Crippen molar-refractivity contribution in [3.63, 3.8) is 0 Å². The molecule has 0 fully saturated rings. The maximum absolute atomic E-state index is 12.3. The summed E-state index contributed by atoms with van der Waals surface area (Å²) in [5.74, 6) is 0.458. The number of rotatable bonds is 8. The van der Waals surface area contributed by atoms with Crippen LogP contribution < -0.4 is 14.9 Å². The van der Waals surface area contributed by atoms with Crippen molar-refractivity contribution in [2.45, 2.75) is 6.61 Å². The summed E-state index contributed by atoms with van der Waals surface area (Å²) < 4.78 is 11.8. The minimum absolute atomic E-state index is 0.00768. The first-order chi connectivity index (χ1) is 15.8. The van der Waals surface area contributed by atoms with Crippen LogP contribution >= 0.6 is 45.8 Å². The van der Waals surface area contributed by atoms with Crippen LogP contribution in [0.1, 0.15) is 21.5 Å². The van der Waals surface area contributed by atoms with Crippen LogP contribution in [0.3, 0.4) is 0 Å². The van der Waals surface area contributed by atoms with E-state index in [9.17, 15) is 14.9 Å². The molecule has 0 saturated carbocycles. The van der Waals surface area contributed by atoms with Gasteiger partial charge in [0.25, 0.3) is 11.6 Å². The Hall–Kier alpha value is -2.89. The number of benzene rings is 3. The van der Waals surface area contributed by atoms with E-state index in [1.165, 1.54) is 25.5 Å². The zero-order valence-corrected chi connectivity index (χ0v) is 20.7. The van der Waals surface area contributed by atoms with E-state index in [4.69, 9.17) is 32.7 Å². The van der Waals surface area contributed by atoms with Gasteiger partial charge in [0.1, 0.15) is 12.4 Å². The van der Waals surface area contributed by atoms with Gasteiger partial charge in [0.2, 0.25) is 0 Å². The molecule has 0 atom stereocenters. The van der Waals surface area contributed by atoms with Crippen molar-refractivity contribution in [1.82, 2.24) is 5.43 Å². The second-order valence-electron chi connectivity index (χ2n) is 6.57. The summed E-state index contributed by atoms with van der Waals surface area (Å²) in [6.45, 7) is 0.125. The minimum atomic E-state index is -0.474. The quantitative estimate of drug-likeness (QED) is 0.151. The molecule has 0 aliphatic rings. The predicted molar refractivity (Wildman–Crippen MR) is 135 cm³/mol. The number of hydrogen-bond acceptors (Lipinski definition) is 6. The van der Waals surface area contributed by atoms with E-state index in [0.29, 0.717) is 22.4 Å². The molecule has 0 radical (unpaired) electrons. The molecule has 0 heterocycles. The molecule has 11 heteroatoms. The number of hydrogen-bond donors (Lipinski definition) is 1. The third kappa shape index (κ3) is 6.56. The smallest absolute Gasteiger partial charge is 0.271 e. The number of amides is 1. The lowest BCUT2D eigenvalue weighted by Crippen LogP contribution is -2.17. The molecule has 3 aromatic carbocycles. The van der Waals surface area contributed by atoms with Gasteiger partial charge in [-0.25, -0.2) is 5.43 Å². The first kappa shape index (κ1) is 24.7. The van der Waals surface area contributed by atoms with E-state index in [1.54, 1.807) is 42.5 Å². The maximum Gasteiger partial charge on any atom is 0.271 e. The van der Waals surface area contributed by atoms with E-state index in [0.717, 1.165) is 3.57 Å². The van der Waals surface area contributed by atoms with E-state index in [2.05, 4.69) is 33.1 Å². The van der Waals surface area contributed by atoms with Gasteiger partial charge in [-0.1, -0.05) is 23.2 Å². The number of ether oxygens (including phenoxy) is 2. The van der Waals surface area contributed by atoms with Gasteiger partial charge in [0.05, 0.1) is 31.9 Å². The highest BCUT2D eigenvalue weighted by molar-refractivity contribution is 14.1. The van der Waals surface area contributed by atoms with Gasteiger partial charge in [0.15, 0.2) is 5.75 Å². The maximum atomic E-state index is 12.3. The summed E-state index contributed by atoms with van der Waals surface area (Å²) in [4.78, 5) is 22.6. The topological polar surface area (TPSA) is 103 Å². The average Bonchev–Trinajstić information content (AvgIpc) is 2.79. The second-order valence-corrected chi connectivity index (χ2v) is 8.55. The van der Waals surface area contributed by atoms with Crippen molar-refractivity contribution in [3.05, 3.63) is 95.0 Å². The molecule has 0 bridgehead atoms. The summed E-state index contributed by atoms with van der Waals surface area (Å²) in [6, 6.07) is 14.2. The zero-order chi connectivity index (χ0) is 24.0. The number of nitrogens with zero attached hydrogens (tertiary/aromatic N) is 2. The van der Waals surface area contributed by atoms with Crippen LogP contribution in [0.4, 0.5) is 5.69 Å². The number of nitro groups is 1. The van der Waals surface area contributed by atoms with Crippen LogP contribution in [-0.2, 0) is 6.61 Å². The lowest BCUT2D eigenvalue weighted by molar-refractivity contribution is -0.384. The van der Waals surface area contributed by atoms with Gasteiger partial charge in [-0.2, -0.15) is 5.10 Å². The van der Waals surface area contributed by atoms with Gasteiger partial charge in [-0.05, 0) is 76.2 Å². The summed E-state index contributed by atoms with van der Waals surface area (Å²) in [5, 5.41) is 15.2. The molecule has 170 valence electrons. The number of methoxy groups -OCH3 is 1. The Morgan fingerprint density at radius 3 is 2.42 bits per heavy atom. The van der Waals surface area contributed by atoms with E-state index in [-0.39, 0.29) is 28.1 Å². The predicted octanol–water partition coefficient (Wildman–Crippen LogP) is 5.86. The molecule has 1 N–H and O–H groups in total. The number of nitro benzene ring substituents is 1. The van der Waals surface area contributed by atoms with Crippen molar-refractivity contribution in [2.75, 3.05) is 7.11 Å². The molecule has 0 aromatic heterocycles. The molecular weight excluding hydrogens is 584 g/mol. The molecule has 3 aromatic rings. The molecule has 0 saturated heterocycles. The largest absolute Gasteiger partial charge is 0.496 e. The van der Waals surface area contributed by atoms with Crippen molar-refractivity contribution in [1.29, 1.82) is 0 Å². The first-order valence-electron chi connectivity index (χ1n) is 9.30. The Morgan fingerprint density at radius 2 is 1.82 bits per heavy atom. The number of hydrazone groups is 1. The van der Waals surface area contributed by atoms with E-state index < -0.39 is 10.8 Å². The number of non-ortho nitro benzene ring substituents is 1. The van der Waals surface area contributed by atoms with Gasteiger partial charge in [-0.15, -0.1) is 0 Å². The van der Waals surface area contributed by atoms with Crippen LogP contribution in [0.5, 0.6) is 11.5 Å². The molecule has 1 amide bonds. The number of carbonyl (C=O) groups is 1. The van der Waals surface area contributed by atoms with Crippen LogP contribution in [-0.4, -0.2) is 24.2 Å². The van der Waals surface area contributed by atoms with Crippen molar-refractivity contribution >= 4 is 63.6 Å². The Labute approximate surface area is 212 Å². The Morgan fingerprint density at radius 1 is 1.15 bits per heavy atom. The molecule has 0 spiro atoms. The highest BCUT2D eigenvalue weighted by Crippen LogP contribution is 2.34. The molecule has 8 nitrogen and oxygen atoms in total. The fourth-order valence-electron chi connectivity index (χ4n) is 2.69. The molecular formula is C22H16Cl2IN3O5. The van der Waals surface area contributed by atoms with E-state index in [1.807, 2.05) is 0 Å². The molecule has 3 rings (SSSR count). The van der Waals surface area contributed by atoms with Crippen LogP contribution in [0.25, 0.3) is 0 Å². The highest BCUT2D eigenvalue weighted by atomic mass is 127. The monoisotopic (exact) mass is 599 g/mol. The van der Waals surface area contributed by atoms with Crippen molar-refractivity contribution in [3.8, 4) is 11.5 Å². The summed E-state index contributed by atoms with van der Waals surface area (Å²) in [5.41, 5.74) is 4.09. The van der Waals surface area contributed by atoms with Gasteiger partial charge >= 0.3 is 0 Å². The van der Waals surface area contributed by atoms with Crippen LogP contribution in [0, 0.1) is 13.7 Å². The highest BCUT2D eigenvalue weighted by Gasteiger charge is 2.12. The molecule has 0 aliphatic heterocycles. The molecule has 0 aliphatic carbocycles. The molecule has 33 heavy (non-hydrogen) atoms. The van der Waals surface area contributed by atoms with Gasteiger partial charge in [-0.3, -0.25) is 14.9 Å². The summed E-state index contributed by atoms with van der Waals surface area (Å²) in [6.07, 6.45) is 1.40. The van der Waals surface area contributed by atoms with Gasteiger partial charge < -0.3 is 9.47 Å². The van der Waals surface area contributed by atoms with Crippen molar-refractivity contribution in [2.24, 2.45) is 5.10 Å². The van der Waals surface area contributed by atoms with Gasteiger partial charge in [0, 0.05) is 17.7 Å². The molecule has 0 unspecified atom stereocenters. The fraction of sp³-hybridized carbons (Fsp3) is 0.0909. The lowest BCUT2D eigenvalue weighted by atomic mass is 10.2. The minimum Gasteiger partial charge on any atom is -0.496 e. The number of carbonyl (C=O) groups excluding carboxylic acids is 1. The SMILES string of the molecule is COc1cc(C(=O)N/N=C\c2cc(Cl)c(OCc3ccc([N+](=O)[O-])cc3)c(Cl)c2)ccc1I. The lowest BCUT2D eigenvalue weighted by Gasteiger charge is -2.11. The summed E-state index contributed by atoms with van der Waals surface area (Å²) in [7, 11) is 1.53.